The molecule has 1 saturated carbocycles. The molecule has 0 unspecified atom stereocenters. The SMILES string of the molecule is CCC1CCC(N(C)c2cncc(CNC)n2)CC1. The van der Waals surface area contributed by atoms with E-state index in [1.165, 1.54) is 32.1 Å². The topological polar surface area (TPSA) is 41.1 Å². The van der Waals surface area contributed by atoms with Crippen LogP contribution < -0.4 is 10.2 Å². The van der Waals surface area contributed by atoms with Crippen molar-refractivity contribution < 1.29 is 0 Å². The molecule has 4 heteroatoms. The predicted octanol–water partition coefficient (Wildman–Crippen LogP) is 2.60. The van der Waals surface area contributed by atoms with Crippen LogP contribution in [0, 0.1) is 5.92 Å². The van der Waals surface area contributed by atoms with Crippen LogP contribution in [0.1, 0.15) is 44.7 Å². The fraction of sp³-hybridized carbons (Fsp3) is 0.733. The Balaban J connectivity index is 1.99. The van der Waals surface area contributed by atoms with Crippen molar-refractivity contribution in [1.29, 1.82) is 0 Å². The molecule has 106 valence electrons. The Morgan fingerprint density at radius 1 is 1.26 bits per heavy atom. The van der Waals surface area contributed by atoms with Gasteiger partial charge in [-0.05, 0) is 38.6 Å². The Morgan fingerprint density at radius 3 is 2.63 bits per heavy atom. The molecule has 0 amide bonds. The largest absolute Gasteiger partial charge is 0.355 e. The molecule has 1 aromatic rings. The summed E-state index contributed by atoms with van der Waals surface area (Å²) >= 11 is 0. The van der Waals surface area contributed by atoms with Crippen LogP contribution in [0.4, 0.5) is 5.82 Å². The molecule has 0 spiro atoms. The van der Waals surface area contributed by atoms with Crippen LogP contribution in [0.3, 0.4) is 0 Å². The van der Waals surface area contributed by atoms with E-state index in [1.807, 2.05) is 19.4 Å². The maximum absolute atomic E-state index is 4.68. The van der Waals surface area contributed by atoms with Crippen LogP contribution in [0.25, 0.3) is 0 Å². The predicted molar refractivity (Wildman–Crippen MR) is 79.2 cm³/mol. The van der Waals surface area contributed by atoms with Gasteiger partial charge in [0.25, 0.3) is 0 Å². The molecule has 1 aromatic heterocycles. The molecule has 0 radical (unpaired) electrons. The first-order chi connectivity index (χ1) is 9.24. The van der Waals surface area contributed by atoms with Crippen molar-refractivity contribution in [1.82, 2.24) is 15.3 Å². The highest BCUT2D eigenvalue weighted by molar-refractivity contribution is 5.36. The van der Waals surface area contributed by atoms with E-state index in [4.69, 9.17) is 0 Å². The highest BCUT2D eigenvalue weighted by Gasteiger charge is 2.23. The average Bonchev–Trinajstić information content (AvgIpc) is 2.47. The van der Waals surface area contributed by atoms with Gasteiger partial charge in [-0.3, -0.25) is 4.98 Å². The molecule has 1 fully saturated rings. The highest BCUT2D eigenvalue weighted by atomic mass is 15.2. The summed E-state index contributed by atoms with van der Waals surface area (Å²) in [4.78, 5) is 11.3. The minimum atomic E-state index is 0.627. The summed E-state index contributed by atoms with van der Waals surface area (Å²) in [6, 6.07) is 0.627. The number of aromatic nitrogens is 2. The average molecular weight is 262 g/mol. The summed E-state index contributed by atoms with van der Waals surface area (Å²) < 4.78 is 0. The summed E-state index contributed by atoms with van der Waals surface area (Å²) in [6.07, 6.45) is 10.3. The first-order valence-electron chi connectivity index (χ1n) is 7.43. The lowest BCUT2D eigenvalue weighted by molar-refractivity contribution is 0.312. The van der Waals surface area contributed by atoms with Gasteiger partial charge < -0.3 is 10.2 Å². The molecule has 1 aliphatic carbocycles. The number of rotatable bonds is 5. The van der Waals surface area contributed by atoms with E-state index < -0.39 is 0 Å². The van der Waals surface area contributed by atoms with Gasteiger partial charge in [-0.2, -0.15) is 0 Å². The number of hydrogen-bond donors (Lipinski definition) is 1. The van der Waals surface area contributed by atoms with Gasteiger partial charge in [-0.25, -0.2) is 4.98 Å². The van der Waals surface area contributed by atoms with Crippen LogP contribution in [0.2, 0.25) is 0 Å². The summed E-state index contributed by atoms with van der Waals surface area (Å²) in [6.45, 7) is 3.08. The van der Waals surface area contributed by atoms with Crippen molar-refractivity contribution in [2.75, 3.05) is 19.0 Å². The van der Waals surface area contributed by atoms with Crippen LogP contribution in [-0.4, -0.2) is 30.1 Å². The van der Waals surface area contributed by atoms with Crippen molar-refractivity contribution in [3.63, 3.8) is 0 Å². The zero-order valence-electron chi connectivity index (χ0n) is 12.4. The van der Waals surface area contributed by atoms with Crippen LogP contribution in [0.15, 0.2) is 12.4 Å². The molecule has 0 aromatic carbocycles. The van der Waals surface area contributed by atoms with Gasteiger partial charge in [0.05, 0.1) is 11.9 Å². The molecule has 4 nitrogen and oxygen atoms in total. The van der Waals surface area contributed by atoms with Crippen molar-refractivity contribution in [2.24, 2.45) is 5.92 Å². The first-order valence-corrected chi connectivity index (χ1v) is 7.43. The summed E-state index contributed by atoms with van der Waals surface area (Å²) in [5.74, 6) is 1.94. The Morgan fingerprint density at radius 2 is 2.00 bits per heavy atom. The van der Waals surface area contributed by atoms with Crippen molar-refractivity contribution >= 4 is 5.82 Å². The number of nitrogens with one attached hydrogen (secondary N) is 1. The maximum Gasteiger partial charge on any atom is 0.147 e. The van der Waals surface area contributed by atoms with Crippen LogP contribution in [0.5, 0.6) is 0 Å². The first kappa shape index (κ1) is 14.3. The second kappa shape index (κ2) is 6.85. The molecule has 0 aliphatic heterocycles. The van der Waals surface area contributed by atoms with Crippen molar-refractivity contribution in [2.45, 2.75) is 51.6 Å². The number of anilines is 1. The normalized spacial score (nSPS) is 23.3. The quantitative estimate of drug-likeness (QED) is 0.885. The van der Waals surface area contributed by atoms with E-state index in [0.717, 1.165) is 24.0 Å². The third-order valence-electron chi connectivity index (χ3n) is 4.33. The van der Waals surface area contributed by atoms with Gasteiger partial charge in [-0.1, -0.05) is 13.3 Å². The van der Waals surface area contributed by atoms with E-state index >= 15 is 0 Å². The lowest BCUT2D eigenvalue weighted by Gasteiger charge is -2.35. The fourth-order valence-corrected chi connectivity index (χ4v) is 2.96. The Bertz CT molecular complexity index is 385. The van der Waals surface area contributed by atoms with Crippen LogP contribution in [-0.2, 0) is 6.54 Å². The van der Waals surface area contributed by atoms with E-state index in [9.17, 15) is 0 Å². The third kappa shape index (κ3) is 3.66. The van der Waals surface area contributed by atoms with Crippen molar-refractivity contribution in [3.05, 3.63) is 18.1 Å². The van der Waals surface area contributed by atoms with Crippen LogP contribution >= 0.6 is 0 Å². The van der Waals surface area contributed by atoms with Gasteiger partial charge in [0.2, 0.25) is 0 Å². The van der Waals surface area contributed by atoms with Gasteiger partial charge >= 0.3 is 0 Å². The minimum absolute atomic E-state index is 0.627. The molecule has 0 saturated heterocycles. The molecule has 0 atom stereocenters. The van der Waals surface area contributed by atoms with Gasteiger partial charge in [-0.15, -0.1) is 0 Å². The monoisotopic (exact) mass is 262 g/mol. The number of nitrogens with zero attached hydrogens (tertiary/aromatic N) is 3. The summed E-state index contributed by atoms with van der Waals surface area (Å²) in [7, 11) is 4.09. The van der Waals surface area contributed by atoms with Gasteiger partial charge in [0, 0.05) is 25.8 Å². The van der Waals surface area contributed by atoms with E-state index in [-0.39, 0.29) is 0 Å². The number of hydrogen-bond acceptors (Lipinski definition) is 4. The second-order valence-electron chi connectivity index (χ2n) is 5.59. The molecule has 2 rings (SSSR count). The lowest BCUT2D eigenvalue weighted by Crippen LogP contribution is -2.35. The lowest BCUT2D eigenvalue weighted by atomic mass is 9.84. The Hall–Kier alpha value is -1.16. The van der Waals surface area contributed by atoms with Gasteiger partial charge in [0.15, 0.2) is 0 Å². The standard InChI is InChI=1S/C15H26N4/c1-4-12-5-7-14(8-6-12)19(3)15-11-17-10-13(18-15)9-16-2/h10-12,14,16H,4-9H2,1-3H3. The summed E-state index contributed by atoms with van der Waals surface area (Å²) in [5.41, 5.74) is 1.01. The van der Waals surface area contributed by atoms with E-state index in [1.54, 1.807) is 0 Å². The molecular formula is C15H26N4. The second-order valence-corrected chi connectivity index (χ2v) is 5.59. The maximum atomic E-state index is 4.68. The third-order valence-corrected chi connectivity index (χ3v) is 4.33. The molecule has 1 heterocycles. The summed E-state index contributed by atoms with van der Waals surface area (Å²) in [5, 5.41) is 3.12. The fourth-order valence-electron chi connectivity index (χ4n) is 2.96. The smallest absolute Gasteiger partial charge is 0.147 e. The van der Waals surface area contributed by atoms with E-state index in [0.29, 0.717) is 6.04 Å². The molecule has 19 heavy (non-hydrogen) atoms. The zero-order valence-corrected chi connectivity index (χ0v) is 12.4. The van der Waals surface area contributed by atoms with E-state index in [2.05, 4.69) is 34.2 Å². The molecule has 1 N–H and O–H groups in total. The Kier molecular flexibility index (Phi) is 5.14. The molecule has 0 bridgehead atoms. The molecular weight excluding hydrogens is 236 g/mol. The Labute approximate surface area is 116 Å². The highest BCUT2D eigenvalue weighted by Crippen LogP contribution is 2.30. The van der Waals surface area contributed by atoms with Gasteiger partial charge in [0.1, 0.15) is 5.82 Å². The molecule has 1 aliphatic rings. The zero-order chi connectivity index (χ0) is 13.7. The minimum Gasteiger partial charge on any atom is -0.355 e. The van der Waals surface area contributed by atoms with Crippen molar-refractivity contribution in [3.8, 4) is 0 Å².